The van der Waals surface area contributed by atoms with E-state index in [9.17, 15) is 19.2 Å². The van der Waals surface area contributed by atoms with Crippen molar-refractivity contribution in [2.24, 2.45) is 0 Å². The first-order valence-corrected chi connectivity index (χ1v) is 12.6. The highest BCUT2D eigenvalue weighted by atomic mass is 16.2. The van der Waals surface area contributed by atoms with Gasteiger partial charge in [0.15, 0.2) is 5.78 Å². The predicted octanol–water partition coefficient (Wildman–Crippen LogP) is 5.36. The number of hydrogen-bond donors (Lipinski definition) is 3. The second-order valence-corrected chi connectivity index (χ2v) is 9.10. The fraction of sp³-hybridized carbons (Fsp3) is 0.379. The number of aromatic amines is 1. The molecule has 2 aromatic carbocycles. The van der Waals surface area contributed by atoms with Gasteiger partial charge in [-0.1, -0.05) is 50.1 Å². The Morgan fingerprint density at radius 2 is 1.75 bits per heavy atom. The van der Waals surface area contributed by atoms with Crippen LogP contribution in [-0.4, -0.2) is 34.4 Å². The number of hydrogen-bond acceptors (Lipinski definition) is 4. The van der Waals surface area contributed by atoms with Gasteiger partial charge in [0.1, 0.15) is 11.8 Å². The van der Waals surface area contributed by atoms with Crippen molar-refractivity contribution < 1.29 is 19.2 Å². The highest BCUT2D eigenvalue weighted by Gasteiger charge is 2.21. The molecule has 0 bridgehead atoms. The second-order valence-electron chi connectivity index (χ2n) is 9.10. The Balaban J connectivity index is 1.60. The minimum absolute atomic E-state index is 0.0881. The standard InChI is InChI=1S/C29H35N3O4/c1-3-24(34)12-5-4-6-15-27(29(36)31-23-11-9-10-21(18-23)20(2)33)32-28(35)17-16-22-19-30-26-14-8-7-13-25(22)26/h7-11,13-14,18-19,27,30H,3-6,12,15-17H2,1-2H3,(H,31,36)(H,32,35)/t27-/m0/s1. The third kappa shape index (κ3) is 7.90. The van der Waals surface area contributed by atoms with E-state index in [-0.39, 0.29) is 29.8 Å². The fourth-order valence-corrected chi connectivity index (χ4v) is 4.19. The normalized spacial score (nSPS) is 11.7. The Kier molecular flexibility index (Phi) is 9.98. The van der Waals surface area contributed by atoms with E-state index in [1.54, 1.807) is 24.3 Å². The maximum atomic E-state index is 13.1. The Labute approximate surface area is 212 Å². The van der Waals surface area contributed by atoms with E-state index in [4.69, 9.17) is 0 Å². The summed E-state index contributed by atoms with van der Waals surface area (Å²) in [5.41, 5.74) is 3.11. The molecule has 3 N–H and O–H groups in total. The maximum Gasteiger partial charge on any atom is 0.246 e. The van der Waals surface area contributed by atoms with Gasteiger partial charge >= 0.3 is 0 Å². The SMILES string of the molecule is CCC(=O)CCCCC[C@H](NC(=O)CCc1c[nH]c2ccccc12)C(=O)Nc1cccc(C(C)=O)c1. The van der Waals surface area contributed by atoms with Crippen LogP contribution in [0.5, 0.6) is 0 Å². The number of ketones is 2. The van der Waals surface area contributed by atoms with Crippen molar-refractivity contribution in [1.82, 2.24) is 10.3 Å². The molecular weight excluding hydrogens is 454 g/mol. The summed E-state index contributed by atoms with van der Waals surface area (Å²) in [5, 5.41) is 6.83. The van der Waals surface area contributed by atoms with Crippen molar-refractivity contribution in [2.75, 3.05) is 5.32 Å². The summed E-state index contributed by atoms with van der Waals surface area (Å²) < 4.78 is 0. The molecule has 190 valence electrons. The zero-order valence-electron chi connectivity index (χ0n) is 21.1. The van der Waals surface area contributed by atoms with Crippen LogP contribution >= 0.6 is 0 Å². The molecule has 3 aromatic rings. The van der Waals surface area contributed by atoms with Crippen LogP contribution in [0.25, 0.3) is 10.9 Å². The van der Waals surface area contributed by atoms with E-state index in [0.717, 1.165) is 29.3 Å². The number of carbonyl (C=O) groups is 4. The average molecular weight is 490 g/mol. The zero-order valence-corrected chi connectivity index (χ0v) is 21.1. The van der Waals surface area contributed by atoms with Crippen LogP contribution in [0.3, 0.4) is 0 Å². The number of carbonyl (C=O) groups excluding carboxylic acids is 4. The molecule has 36 heavy (non-hydrogen) atoms. The molecule has 0 aliphatic carbocycles. The summed E-state index contributed by atoms with van der Waals surface area (Å²) in [4.78, 5) is 52.4. The molecule has 0 saturated carbocycles. The lowest BCUT2D eigenvalue weighted by atomic mass is 10.0. The number of H-pyrrole nitrogens is 1. The van der Waals surface area contributed by atoms with Crippen LogP contribution in [0.2, 0.25) is 0 Å². The first-order valence-electron chi connectivity index (χ1n) is 12.6. The van der Waals surface area contributed by atoms with E-state index < -0.39 is 6.04 Å². The Bertz CT molecular complexity index is 1210. The molecular formula is C29H35N3O4. The summed E-state index contributed by atoms with van der Waals surface area (Å²) >= 11 is 0. The highest BCUT2D eigenvalue weighted by Crippen LogP contribution is 2.19. The second kappa shape index (κ2) is 13.4. The highest BCUT2D eigenvalue weighted by molar-refractivity contribution is 5.99. The van der Waals surface area contributed by atoms with Gasteiger partial charge < -0.3 is 15.6 Å². The van der Waals surface area contributed by atoms with Gasteiger partial charge in [0.2, 0.25) is 11.8 Å². The number of nitrogens with one attached hydrogen (secondary N) is 3. The monoisotopic (exact) mass is 489 g/mol. The third-order valence-corrected chi connectivity index (χ3v) is 6.33. The van der Waals surface area contributed by atoms with E-state index in [2.05, 4.69) is 15.6 Å². The topological polar surface area (TPSA) is 108 Å². The Hall–Kier alpha value is -3.74. The van der Waals surface area contributed by atoms with Crippen molar-refractivity contribution in [3.05, 3.63) is 65.9 Å². The summed E-state index contributed by atoms with van der Waals surface area (Å²) in [7, 11) is 0. The summed E-state index contributed by atoms with van der Waals surface area (Å²) in [5.74, 6) is -0.366. The van der Waals surface area contributed by atoms with Crippen LogP contribution in [0, 0.1) is 0 Å². The maximum absolute atomic E-state index is 13.1. The number of para-hydroxylation sites is 1. The molecule has 0 aliphatic heterocycles. The lowest BCUT2D eigenvalue weighted by Crippen LogP contribution is -2.43. The summed E-state index contributed by atoms with van der Waals surface area (Å²) in [6, 6.07) is 14.0. The van der Waals surface area contributed by atoms with E-state index in [0.29, 0.717) is 43.4 Å². The zero-order chi connectivity index (χ0) is 25.9. The van der Waals surface area contributed by atoms with Gasteiger partial charge in [0.05, 0.1) is 0 Å². The van der Waals surface area contributed by atoms with Crippen LogP contribution in [-0.2, 0) is 20.8 Å². The minimum Gasteiger partial charge on any atom is -0.361 e. The Morgan fingerprint density at radius 3 is 2.53 bits per heavy atom. The Morgan fingerprint density at radius 1 is 0.944 bits per heavy atom. The van der Waals surface area contributed by atoms with Crippen LogP contribution in [0.4, 0.5) is 5.69 Å². The molecule has 7 heteroatoms. The lowest BCUT2D eigenvalue weighted by Gasteiger charge is -2.19. The number of rotatable bonds is 14. The average Bonchev–Trinajstić information content (AvgIpc) is 3.29. The van der Waals surface area contributed by atoms with Crippen molar-refractivity contribution in [2.45, 2.75) is 71.3 Å². The van der Waals surface area contributed by atoms with Crippen molar-refractivity contribution in [3.63, 3.8) is 0 Å². The first kappa shape index (κ1) is 26.9. The third-order valence-electron chi connectivity index (χ3n) is 6.33. The van der Waals surface area contributed by atoms with Gasteiger partial charge in [0.25, 0.3) is 0 Å². The van der Waals surface area contributed by atoms with Gasteiger partial charge in [-0.2, -0.15) is 0 Å². The van der Waals surface area contributed by atoms with Gasteiger partial charge in [-0.05, 0) is 49.9 Å². The lowest BCUT2D eigenvalue weighted by molar-refractivity contribution is -0.126. The number of anilines is 1. The molecule has 0 spiro atoms. The molecule has 0 radical (unpaired) electrons. The molecule has 0 saturated heterocycles. The smallest absolute Gasteiger partial charge is 0.246 e. The number of fused-ring (bicyclic) bond motifs is 1. The largest absolute Gasteiger partial charge is 0.361 e. The molecule has 3 rings (SSSR count). The molecule has 1 heterocycles. The quantitative estimate of drug-likeness (QED) is 0.209. The first-order chi connectivity index (χ1) is 17.4. The van der Waals surface area contributed by atoms with Crippen LogP contribution in [0.15, 0.2) is 54.7 Å². The predicted molar refractivity (Wildman–Crippen MR) is 142 cm³/mol. The van der Waals surface area contributed by atoms with Gasteiger partial charge in [-0.25, -0.2) is 0 Å². The van der Waals surface area contributed by atoms with Gasteiger partial charge in [0, 0.05) is 47.6 Å². The van der Waals surface area contributed by atoms with E-state index in [1.165, 1.54) is 6.92 Å². The molecule has 1 atom stereocenters. The number of aromatic nitrogens is 1. The van der Waals surface area contributed by atoms with Gasteiger partial charge in [-0.15, -0.1) is 0 Å². The fourth-order valence-electron chi connectivity index (χ4n) is 4.19. The molecule has 0 fully saturated rings. The number of aryl methyl sites for hydroxylation is 1. The van der Waals surface area contributed by atoms with Crippen molar-refractivity contribution >= 4 is 40.0 Å². The summed E-state index contributed by atoms with van der Waals surface area (Å²) in [6.45, 7) is 3.33. The molecule has 1 aromatic heterocycles. The molecule has 0 aliphatic rings. The number of unbranched alkanes of at least 4 members (excludes halogenated alkanes) is 2. The number of benzene rings is 2. The van der Waals surface area contributed by atoms with Gasteiger partial charge in [-0.3, -0.25) is 19.2 Å². The van der Waals surface area contributed by atoms with Crippen molar-refractivity contribution in [1.29, 1.82) is 0 Å². The summed E-state index contributed by atoms with van der Waals surface area (Å²) in [6.07, 6.45) is 6.58. The minimum atomic E-state index is -0.705. The van der Waals surface area contributed by atoms with E-state index in [1.807, 2.05) is 37.4 Å². The van der Waals surface area contributed by atoms with Crippen LogP contribution in [0.1, 0.15) is 74.7 Å². The van der Waals surface area contributed by atoms with Crippen LogP contribution < -0.4 is 10.6 Å². The van der Waals surface area contributed by atoms with E-state index >= 15 is 0 Å². The number of Topliss-reactive ketones (excluding diaryl/α,β-unsaturated/α-hetero) is 2. The molecule has 0 unspecified atom stereocenters. The molecule has 2 amide bonds. The number of amides is 2. The molecule has 7 nitrogen and oxygen atoms in total. The van der Waals surface area contributed by atoms with Crippen molar-refractivity contribution in [3.8, 4) is 0 Å².